The molecule has 0 heterocycles. The van der Waals surface area contributed by atoms with Crippen LogP contribution in [0.4, 0.5) is 0 Å². The van der Waals surface area contributed by atoms with Crippen LogP contribution in [0.25, 0.3) is 0 Å². The first kappa shape index (κ1) is 13.9. The van der Waals surface area contributed by atoms with E-state index in [0.717, 1.165) is 19.3 Å². The molecular formula is C12H26O2. The summed E-state index contributed by atoms with van der Waals surface area (Å²) in [6.45, 7) is 4.62. The molecular weight excluding hydrogens is 176 g/mol. The number of methoxy groups -OCH3 is 1. The smallest absolute Gasteiger partial charge is 0.0700 e. The van der Waals surface area contributed by atoms with Crippen LogP contribution in [0.15, 0.2) is 0 Å². The molecule has 0 aliphatic heterocycles. The second kappa shape index (κ2) is 8.25. The fraction of sp³-hybridized carbons (Fsp3) is 1.00. The van der Waals surface area contributed by atoms with Crippen molar-refractivity contribution in [3.8, 4) is 0 Å². The predicted molar refractivity (Wildman–Crippen MR) is 60.5 cm³/mol. The Morgan fingerprint density at radius 3 is 1.79 bits per heavy atom. The van der Waals surface area contributed by atoms with Crippen LogP contribution < -0.4 is 0 Å². The lowest BCUT2D eigenvalue weighted by Gasteiger charge is -2.32. The van der Waals surface area contributed by atoms with Crippen LogP contribution in [-0.4, -0.2) is 24.4 Å². The lowest BCUT2D eigenvalue weighted by molar-refractivity contribution is -0.0439. The third-order valence-electron chi connectivity index (χ3n) is 2.97. The Kier molecular flexibility index (Phi) is 8.20. The number of hydrogen-bond donors (Lipinski definition) is 1. The molecule has 0 aromatic rings. The highest BCUT2D eigenvalue weighted by atomic mass is 16.5. The molecule has 0 saturated heterocycles. The van der Waals surface area contributed by atoms with Gasteiger partial charge in [-0.15, -0.1) is 0 Å². The van der Waals surface area contributed by atoms with Crippen LogP contribution in [0.2, 0.25) is 0 Å². The van der Waals surface area contributed by atoms with Gasteiger partial charge in [-0.05, 0) is 19.3 Å². The van der Waals surface area contributed by atoms with E-state index in [1.54, 1.807) is 7.11 Å². The minimum Gasteiger partial charge on any atom is -0.396 e. The van der Waals surface area contributed by atoms with Crippen LogP contribution in [0.5, 0.6) is 0 Å². The molecule has 0 amide bonds. The third-order valence-corrected chi connectivity index (χ3v) is 2.97. The molecule has 0 aliphatic carbocycles. The highest BCUT2D eigenvalue weighted by Crippen LogP contribution is 2.28. The summed E-state index contributed by atoms with van der Waals surface area (Å²) in [4.78, 5) is 0. The van der Waals surface area contributed by atoms with Gasteiger partial charge < -0.3 is 9.84 Å². The van der Waals surface area contributed by atoms with Crippen LogP contribution in [0.1, 0.15) is 58.8 Å². The molecule has 0 saturated carbocycles. The van der Waals surface area contributed by atoms with Gasteiger partial charge in [0.2, 0.25) is 0 Å². The van der Waals surface area contributed by atoms with Gasteiger partial charge in [0, 0.05) is 13.7 Å². The fourth-order valence-corrected chi connectivity index (χ4v) is 1.88. The Labute approximate surface area is 88.7 Å². The minimum absolute atomic E-state index is 0.0548. The summed E-state index contributed by atoms with van der Waals surface area (Å²) in [5.74, 6) is 0. The van der Waals surface area contributed by atoms with Crippen molar-refractivity contribution in [3.05, 3.63) is 0 Å². The topological polar surface area (TPSA) is 29.5 Å². The van der Waals surface area contributed by atoms with Crippen molar-refractivity contribution >= 4 is 0 Å². The molecule has 0 fully saturated rings. The van der Waals surface area contributed by atoms with Crippen molar-refractivity contribution in [1.82, 2.24) is 0 Å². The molecule has 0 aromatic carbocycles. The van der Waals surface area contributed by atoms with Gasteiger partial charge in [-0.1, -0.05) is 39.5 Å². The molecule has 86 valence electrons. The molecule has 2 nitrogen and oxygen atoms in total. The molecule has 2 heteroatoms. The lowest BCUT2D eigenvalue weighted by Crippen LogP contribution is -2.32. The van der Waals surface area contributed by atoms with Crippen molar-refractivity contribution < 1.29 is 9.84 Å². The first-order valence-electron chi connectivity index (χ1n) is 5.90. The van der Waals surface area contributed by atoms with Gasteiger partial charge in [0.1, 0.15) is 0 Å². The zero-order chi connectivity index (χ0) is 10.9. The monoisotopic (exact) mass is 202 g/mol. The van der Waals surface area contributed by atoms with E-state index in [4.69, 9.17) is 9.84 Å². The summed E-state index contributed by atoms with van der Waals surface area (Å²) < 4.78 is 5.62. The SMILES string of the molecule is CCCCC(CCO)(CCCC)OC. The number of ether oxygens (including phenoxy) is 1. The van der Waals surface area contributed by atoms with E-state index in [9.17, 15) is 0 Å². The molecule has 0 aliphatic rings. The van der Waals surface area contributed by atoms with Gasteiger partial charge in [-0.2, -0.15) is 0 Å². The number of rotatable bonds is 9. The van der Waals surface area contributed by atoms with E-state index < -0.39 is 0 Å². The van der Waals surface area contributed by atoms with Crippen molar-refractivity contribution in [1.29, 1.82) is 0 Å². The maximum Gasteiger partial charge on any atom is 0.0700 e. The third kappa shape index (κ3) is 4.97. The van der Waals surface area contributed by atoms with Crippen LogP contribution >= 0.6 is 0 Å². The quantitative estimate of drug-likeness (QED) is 0.622. The van der Waals surface area contributed by atoms with E-state index in [0.29, 0.717) is 0 Å². The van der Waals surface area contributed by atoms with E-state index in [1.807, 2.05) is 0 Å². The molecule has 14 heavy (non-hydrogen) atoms. The summed E-state index contributed by atoms with van der Waals surface area (Å²) in [6.07, 6.45) is 7.73. The molecule has 0 aromatic heterocycles. The molecule has 0 bridgehead atoms. The van der Waals surface area contributed by atoms with E-state index in [2.05, 4.69) is 13.8 Å². The Morgan fingerprint density at radius 1 is 1.00 bits per heavy atom. The number of aliphatic hydroxyl groups is 1. The Morgan fingerprint density at radius 2 is 1.50 bits per heavy atom. The normalized spacial score (nSPS) is 12.0. The molecule has 0 radical (unpaired) electrons. The summed E-state index contributed by atoms with van der Waals surface area (Å²) in [5, 5.41) is 9.05. The van der Waals surface area contributed by atoms with Crippen LogP contribution in [0, 0.1) is 0 Å². The zero-order valence-corrected chi connectivity index (χ0v) is 10.0. The van der Waals surface area contributed by atoms with Crippen molar-refractivity contribution in [2.24, 2.45) is 0 Å². The Bertz CT molecular complexity index is 115. The summed E-state index contributed by atoms with van der Waals surface area (Å²) in [7, 11) is 1.78. The maximum atomic E-state index is 9.05. The molecule has 0 atom stereocenters. The fourth-order valence-electron chi connectivity index (χ4n) is 1.88. The summed E-state index contributed by atoms with van der Waals surface area (Å²) >= 11 is 0. The largest absolute Gasteiger partial charge is 0.396 e. The van der Waals surface area contributed by atoms with E-state index in [-0.39, 0.29) is 12.2 Å². The highest BCUT2D eigenvalue weighted by molar-refractivity contribution is 4.80. The van der Waals surface area contributed by atoms with Gasteiger partial charge in [0.25, 0.3) is 0 Å². The van der Waals surface area contributed by atoms with Gasteiger partial charge in [0.15, 0.2) is 0 Å². The summed E-state index contributed by atoms with van der Waals surface area (Å²) in [6, 6.07) is 0. The summed E-state index contributed by atoms with van der Waals surface area (Å²) in [5.41, 5.74) is -0.0548. The second-order valence-electron chi connectivity index (χ2n) is 4.07. The molecule has 0 spiro atoms. The number of unbranched alkanes of at least 4 members (excludes halogenated alkanes) is 2. The number of hydrogen-bond acceptors (Lipinski definition) is 2. The van der Waals surface area contributed by atoms with Gasteiger partial charge in [0.05, 0.1) is 5.60 Å². The van der Waals surface area contributed by atoms with Crippen molar-refractivity contribution in [2.45, 2.75) is 64.4 Å². The maximum absolute atomic E-state index is 9.05. The Hall–Kier alpha value is -0.0800. The van der Waals surface area contributed by atoms with Crippen LogP contribution in [0.3, 0.4) is 0 Å². The van der Waals surface area contributed by atoms with Crippen LogP contribution in [-0.2, 0) is 4.74 Å². The second-order valence-corrected chi connectivity index (χ2v) is 4.07. The van der Waals surface area contributed by atoms with Gasteiger partial charge in [-0.25, -0.2) is 0 Å². The molecule has 0 rings (SSSR count). The Balaban J connectivity index is 4.11. The van der Waals surface area contributed by atoms with Crippen molar-refractivity contribution in [3.63, 3.8) is 0 Å². The van der Waals surface area contributed by atoms with E-state index >= 15 is 0 Å². The van der Waals surface area contributed by atoms with Gasteiger partial charge in [-0.3, -0.25) is 0 Å². The number of aliphatic hydroxyl groups excluding tert-OH is 1. The van der Waals surface area contributed by atoms with Crippen molar-refractivity contribution in [2.75, 3.05) is 13.7 Å². The van der Waals surface area contributed by atoms with E-state index in [1.165, 1.54) is 25.7 Å². The average molecular weight is 202 g/mol. The first-order chi connectivity index (χ1) is 6.74. The lowest BCUT2D eigenvalue weighted by atomic mass is 9.88. The van der Waals surface area contributed by atoms with Gasteiger partial charge >= 0.3 is 0 Å². The molecule has 0 unspecified atom stereocenters. The standard InChI is InChI=1S/C12H26O2/c1-4-6-8-12(14-3,10-11-13)9-7-5-2/h13H,4-11H2,1-3H3. The highest BCUT2D eigenvalue weighted by Gasteiger charge is 2.27. The minimum atomic E-state index is -0.0548. The average Bonchev–Trinajstić information content (AvgIpc) is 2.22. The predicted octanol–water partition coefficient (Wildman–Crippen LogP) is 3.13. The first-order valence-corrected chi connectivity index (χ1v) is 5.90. The molecule has 1 N–H and O–H groups in total. The zero-order valence-electron chi connectivity index (χ0n) is 10.0.